The van der Waals surface area contributed by atoms with Crippen LogP contribution in [0.2, 0.25) is 0 Å². The van der Waals surface area contributed by atoms with Crippen molar-refractivity contribution >= 4 is 12.1 Å². The maximum absolute atomic E-state index is 12.1. The van der Waals surface area contributed by atoms with Gasteiger partial charge in [-0.2, -0.15) is 0 Å². The van der Waals surface area contributed by atoms with E-state index < -0.39 is 23.6 Å². The smallest absolute Gasteiger partial charge is 0.410 e. The first-order chi connectivity index (χ1) is 8.45. The Morgan fingerprint density at radius 1 is 1.16 bits per heavy atom. The maximum Gasteiger partial charge on any atom is 0.410 e. The normalized spacial score (nSPS) is 13.5. The van der Waals surface area contributed by atoms with Crippen molar-refractivity contribution in [1.82, 2.24) is 4.90 Å². The van der Waals surface area contributed by atoms with E-state index in [4.69, 9.17) is 4.74 Å². The minimum Gasteiger partial charge on any atom is -0.481 e. The Labute approximate surface area is 115 Å². The van der Waals surface area contributed by atoms with Gasteiger partial charge in [-0.25, -0.2) is 4.79 Å². The van der Waals surface area contributed by atoms with Gasteiger partial charge in [-0.15, -0.1) is 0 Å². The van der Waals surface area contributed by atoms with E-state index in [2.05, 4.69) is 0 Å². The molecule has 0 saturated carbocycles. The standard InChI is InChI=1S/C14H27NO4/c1-9(2)11(12(16)17)8-15(10(3)4)13(18)19-14(5,6)7/h9-11H,8H2,1-7H3,(H,16,17). The number of nitrogens with zero attached hydrogens (tertiary/aromatic N) is 1. The quantitative estimate of drug-likeness (QED) is 0.836. The van der Waals surface area contributed by atoms with Crippen molar-refractivity contribution in [2.75, 3.05) is 6.54 Å². The number of carbonyl (C=O) groups excluding carboxylic acids is 1. The number of carboxylic acid groups (broad SMARTS) is 1. The third-order valence-electron chi connectivity index (χ3n) is 2.77. The molecule has 5 nitrogen and oxygen atoms in total. The fraction of sp³-hybridized carbons (Fsp3) is 0.857. The molecule has 0 saturated heterocycles. The van der Waals surface area contributed by atoms with Gasteiger partial charge in [0, 0.05) is 12.6 Å². The molecule has 1 unspecified atom stereocenters. The van der Waals surface area contributed by atoms with Gasteiger partial charge >= 0.3 is 12.1 Å². The highest BCUT2D eigenvalue weighted by atomic mass is 16.6. The second kappa shape index (κ2) is 6.78. The highest BCUT2D eigenvalue weighted by Crippen LogP contribution is 2.18. The summed E-state index contributed by atoms with van der Waals surface area (Å²) in [4.78, 5) is 24.8. The van der Waals surface area contributed by atoms with E-state index in [1.807, 2.05) is 27.7 Å². The molecule has 0 radical (unpaired) electrons. The summed E-state index contributed by atoms with van der Waals surface area (Å²) < 4.78 is 5.32. The average molecular weight is 273 g/mol. The van der Waals surface area contributed by atoms with Gasteiger partial charge in [0.25, 0.3) is 0 Å². The second-order valence-corrected chi connectivity index (χ2v) is 6.42. The molecule has 0 spiro atoms. The second-order valence-electron chi connectivity index (χ2n) is 6.42. The fourth-order valence-corrected chi connectivity index (χ4v) is 1.60. The lowest BCUT2D eigenvalue weighted by atomic mass is 9.95. The molecule has 0 fully saturated rings. The Morgan fingerprint density at radius 2 is 1.63 bits per heavy atom. The first kappa shape index (κ1) is 17.7. The SMILES string of the molecule is CC(C)C(CN(C(=O)OC(C)(C)C)C(C)C)C(=O)O. The summed E-state index contributed by atoms with van der Waals surface area (Å²) in [5, 5.41) is 9.21. The minimum atomic E-state index is -0.885. The van der Waals surface area contributed by atoms with Crippen molar-refractivity contribution in [3.8, 4) is 0 Å². The Morgan fingerprint density at radius 3 is 1.89 bits per heavy atom. The zero-order valence-electron chi connectivity index (χ0n) is 13.1. The zero-order chi connectivity index (χ0) is 15.4. The molecule has 5 heteroatoms. The predicted octanol–water partition coefficient (Wildman–Crippen LogP) is 2.99. The monoisotopic (exact) mass is 273 g/mol. The van der Waals surface area contributed by atoms with Crippen molar-refractivity contribution in [3.63, 3.8) is 0 Å². The van der Waals surface area contributed by atoms with E-state index >= 15 is 0 Å². The number of hydrogen-bond acceptors (Lipinski definition) is 3. The van der Waals surface area contributed by atoms with Crippen LogP contribution in [0.25, 0.3) is 0 Å². The van der Waals surface area contributed by atoms with Gasteiger partial charge in [0.15, 0.2) is 0 Å². The van der Waals surface area contributed by atoms with Crippen LogP contribution in [0.15, 0.2) is 0 Å². The Hall–Kier alpha value is -1.26. The number of aliphatic carboxylic acids is 1. The van der Waals surface area contributed by atoms with Gasteiger partial charge in [-0.3, -0.25) is 4.79 Å². The van der Waals surface area contributed by atoms with Crippen LogP contribution >= 0.6 is 0 Å². The summed E-state index contributed by atoms with van der Waals surface area (Å²) in [7, 11) is 0. The van der Waals surface area contributed by atoms with Crippen molar-refractivity contribution in [3.05, 3.63) is 0 Å². The molecule has 1 amide bonds. The Bertz CT molecular complexity index is 318. The van der Waals surface area contributed by atoms with Crippen LogP contribution in [0.1, 0.15) is 48.5 Å². The zero-order valence-corrected chi connectivity index (χ0v) is 13.1. The van der Waals surface area contributed by atoms with E-state index in [0.29, 0.717) is 0 Å². The maximum atomic E-state index is 12.1. The van der Waals surface area contributed by atoms with E-state index in [0.717, 1.165) is 0 Å². The van der Waals surface area contributed by atoms with Crippen LogP contribution in [0.5, 0.6) is 0 Å². The largest absolute Gasteiger partial charge is 0.481 e. The number of hydrogen-bond donors (Lipinski definition) is 1. The number of amides is 1. The Balaban J connectivity index is 4.92. The molecular weight excluding hydrogens is 246 g/mol. The summed E-state index contributed by atoms with van der Waals surface area (Å²) in [6.07, 6.45) is -0.464. The predicted molar refractivity (Wildman–Crippen MR) is 74.0 cm³/mol. The Kier molecular flexibility index (Phi) is 6.33. The van der Waals surface area contributed by atoms with Crippen molar-refractivity contribution < 1.29 is 19.4 Å². The van der Waals surface area contributed by atoms with E-state index in [1.54, 1.807) is 20.8 Å². The third kappa shape index (κ3) is 6.45. The summed E-state index contributed by atoms with van der Waals surface area (Å²) >= 11 is 0. The van der Waals surface area contributed by atoms with Gasteiger partial charge in [0.05, 0.1) is 5.92 Å². The number of carboxylic acids is 1. The summed E-state index contributed by atoms with van der Waals surface area (Å²) in [6, 6.07) is -0.101. The van der Waals surface area contributed by atoms with Crippen LogP contribution in [-0.2, 0) is 9.53 Å². The third-order valence-corrected chi connectivity index (χ3v) is 2.77. The molecule has 112 valence electrons. The first-order valence-electron chi connectivity index (χ1n) is 6.68. The van der Waals surface area contributed by atoms with Gasteiger partial charge in [-0.1, -0.05) is 13.8 Å². The topological polar surface area (TPSA) is 66.8 Å². The number of ether oxygens (including phenoxy) is 1. The van der Waals surface area contributed by atoms with Crippen LogP contribution in [0, 0.1) is 11.8 Å². The summed E-state index contributed by atoms with van der Waals surface area (Å²) in [5.74, 6) is -1.51. The molecule has 19 heavy (non-hydrogen) atoms. The van der Waals surface area contributed by atoms with Crippen LogP contribution in [-0.4, -0.2) is 40.3 Å². The highest BCUT2D eigenvalue weighted by Gasteiger charge is 2.30. The van der Waals surface area contributed by atoms with Gasteiger partial charge in [-0.05, 0) is 40.5 Å². The lowest BCUT2D eigenvalue weighted by Crippen LogP contribution is -2.45. The van der Waals surface area contributed by atoms with Gasteiger partial charge in [0.1, 0.15) is 5.60 Å². The van der Waals surface area contributed by atoms with Gasteiger partial charge < -0.3 is 14.7 Å². The van der Waals surface area contributed by atoms with E-state index in [9.17, 15) is 14.7 Å². The first-order valence-corrected chi connectivity index (χ1v) is 6.68. The molecule has 1 N–H and O–H groups in total. The van der Waals surface area contributed by atoms with E-state index in [1.165, 1.54) is 4.90 Å². The number of rotatable bonds is 5. The molecule has 0 aromatic carbocycles. The molecule has 0 aliphatic rings. The summed E-state index contributed by atoms with van der Waals surface area (Å²) in [6.45, 7) is 12.9. The molecule has 0 rings (SSSR count). The van der Waals surface area contributed by atoms with E-state index in [-0.39, 0.29) is 18.5 Å². The molecule has 0 aromatic rings. The average Bonchev–Trinajstić information content (AvgIpc) is 2.12. The van der Waals surface area contributed by atoms with Crippen LogP contribution in [0.3, 0.4) is 0 Å². The lowest BCUT2D eigenvalue weighted by Gasteiger charge is -2.32. The van der Waals surface area contributed by atoms with Crippen LogP contribution < -0.4 is 0 Å². The molecule has 0 aliphatic heterocycles. The van der Waals surface area contributed by atoms with Crippen molar-refractivity contribution in [2.45, 2.75) is 60.1 Å². The lowest BCUT2D eigenvalue weighted by molar-refractivity contribution is -0.144. The molecular formula is C14H27NO4. The molecule has 0 aromatic heterocycles. The fourth-order valence-electron chi connectivity index (χ4n) is 1.60. The number of carbonyl (C=O) groups is 2. The van der Waals surface area contributed by atoms with Crippen LogP contribution in [0.4, 0.5) is 4.79 Å². The molecule has 0 aliphatic carbocycles. The highest BCUT2D eigenvalue weighted by molar-refractivity contribution is 5.73. The minimum absolute atomic E-state index is 0.0406. The van der Waals surface area contributed by atoms with Crippen molar-refractivity contribution in [2.24, 2.45) is 11.8 Å². The van der Waals surface area contributed by atoms with Crippen molar-refractivity contribution in [1.29, 1.82) is 0 Å². The molecule has 0 heterocycles. The van der Waals surface area contributed by atoms with Gasteiger partial charge in [0.2, 0.25) is 0 Å². The summed E-state index contributed by atoms with van der Waals surface area (Å²) in [5.41, 5.74) is -0.583. The molecule has 0 bridgehead atoms. The molecule has 1 atom stereocenters.